The molecule has 146 valence electrons. The molecule has 4 aromatic rings. The number of H-pyrrole nitrogens is 1. The summed E-state index contributed by atoms with van der Waals surface area (Å²) in [4.78, 5) is 31.4. The molecule has 0 spiro atoms. The normalized spacial score (nSPS) is 10.8. The number of halogens is 1. The molecule has 1 amide bonds. The van der Waals surface area contributed by atoms with Crippen molar-refractivity contribution in [2.75, 3.05) is 12.4 Å². The van der Waals surface area contributed by atoms with E-state index in [1.54, 1.807) is 43.5 Å². The average molecular weight is 394 g/mol. The van der Waals surface area contributed by atoms with Crippen LogP contribution in [0.1, 0.15) is 16.2 Å². The lowest BCUT2D eigenvalue weighted by Gasteiger charge is -2.06. The van der Waals surface area contributed by atoms with Gasteiger partial charge >= 0.3 is 0 Å². The molecule has 2 N–H and O–H groups in total. The Morgan fingerprint density at radius 3 is 2.59 bits per heavy atom. The van der Waals surface area contributed by atoms with Crippen LogP contribution < -0.4 is 15.6 Å². The Labute approximate surface area is 163 Å². The highest BCUT2D eigenvalue weighted by Gasteiger charge is 2.16. The second-order valence-electron chi connectivity index (χ2n) is 6.14. The third kappa shape index (κ3) is 3.81. The monoisotopic (exact) mass is 394 g/mol. The standard InChI is InChI=1S/C19H15FN6O3/c1-29-14-8-6-13(7-9-14)21-19(28)16-22-17-15(18(27)23-16)24-25-26(17)10-11-2-4-12(20)5-3-11/h2-9H,10H2,1H3,(H,21,28)(H,22,23,27). The lowest BCUT2D eigenvalue weighted by atomic mass is 10.2. The molecule has 0 atom stereocenters. The largest absolute Gasteiger partial charge is 0.497 e. The molecule has 2 heterocycles. The van der Waals surface area contributed by atoms with Crippen molar-refractivity contribution in [3.8, 4) is 5.75 Å². The first kappa shape index (κ1) is 18.3. The molecule has 0 saturated carbocycles. The molecule has 0 aliphatic heterocycles. The molecule has 10 heteroatoms. The maximum absolute atomic E-state index is 13.1. The van der Waals surface area contributed by atoms with E-state index in [9.17, 15) is 14.0 Å². The second kappa shape index (κ2) is 7.50. The van der Waals surface area contributed by atoms with Crippen molar-refractivity contribution >= 4 is 22.8 Å². The number of anilines is 1. The maximum atomic E-state index is 13.1. The van der Waals surface area contributed by atoms with Crippen molar-refractivity contribution < 1.29 is 13.9 Å². The minimum atomic E-state index is -0.594. The Balaban J connectivity index is 1.63. The van der Waals surface area contributed by atoms with Crippen LogP contribution in [0.25, 0.3) is 11.2 Å². The predicted molar refractivity (Wildman–Crippen MR) is 102 cm³/mol. The fourth-order valence-corrected chi connectivity index (χ4v) is 2.71. The summed E-state index contributed by atoms with van der Waals surface area (Å²) in [5, 5.41) is 10.4. The number of aromatic amines is 1. The highest BCUT2D eigenvalue weighted by molar-refractivity contribution is 6.02. The molecule has 2 aromatic carbocycles. The molecule has 0 radical (unpaired) electrons. The van der Waals surface area contributed by atoms with E-state index in [1.165, 1.54) is 16.8 Å². The Morgan fingerprint density at radius 1 is 1.17 bits per heavy atom. The van der Waals surface area contributed by atoms with Crippen LogP contribution in [0.5, 0.6) is 5.75 Å². The zero-order valence-corrected chi connectivity index (χ0v) is 15.2. The number of aromatic nitrogens is 5. The number of ether oxygens (including phenoxy) is 1. The van der Waals surface area contributed by atoms with Gasteiger partial charge in [-0.05, 0) is 42.0 Å². The number of carbonyl (C=O) groups is 1. The fourth-order valence-electron chi connectivity index (χ4n) is 2.71. The summed E-state index contributed by atoms with van der Waals surface area (Å²) in [7, 11) is 1.54. The van der Waals surface area contributed by atoms with E-state index in [-0.39, 0.29) is 29.4 Å². The van der Waals surface area contributed by atoms with Gasteiger partial charge in [0, 0.05) is 5.69 Å². The molecule has 0 aliphatic carbocycles. The van der Waals surface area contributed by atoms with E-state index < -0.39 is 11.5 Å². The zero-order chi connectivity index (χ0) is 20.4. The first-order chi connectivity index (χ1) is 14.0. The molecule has 0 bridgehead atoms. The van der Waals surface area contributed by atoms with Crippen molar-refractivity contribution in [2.45, 2.75) is 6.54 Å². The number of fused-ring (bicyclic) bond motifs is 1. The average Bonchev–Trinajstić information content (AvgIpc) is 3.13. The number of nitrogens with one attached hydrogen (secondary N) is 2. The van der Waals surface area contributed by atoms with Gasteiger partial charge in [-0.25, -0.2) is 14.1 Å². The molecule has 0 unspecified atom stereocenters. The molecule has 4 rings (SSSR count). The Hall–Kier alpha value is -4.08. The lowest BCUT2D eigenvalue weighted by molar-refractivity contribution is 0.101. The molecule has 0 saturated heterocycles. The van der Waals surface area contributed by atoms with Crippen LogP contribution in [0.15, 0.2) is 53.3 Å². The van der Waals surface area contributed by atoms with Crippen LogP contribution in [0, 0.1) is 5.82 Å². The molecule has 9 nitrogen and oxygen atoms in total. The number of hydrogen-bond donors (Lipinski definition) is 2. The van der Waals surface area contributed by atoms with E-state index in [0.29, 0.717) is 11.4 Å². The molecular formula is C19H15FN6O3. The summed E-state index contributed by atoms with van der Waals surface area (Å²) in [5.41, 5.74) is 0.826. The summed E-state index contributed by atoms with van der Waals surface area (Å²) >= 11 is 0. The van der Waals surface area contributed by atoms with Gasteiger partial charge < -0.3 is 15.0 Å². The quantitative estimate of drug-likeness (QED) is 0.535. The van der Waals surface area contributed by atoms with E-state index in [1.807, 2.05) is 0 Å². The lowest BCUT2D eigenvalue weighted by Crippen LogP contribution is -2.21. The Bertz CT molecular complexity index is 1230. The summed E-state index contributed by atoms with van der Waals surface area (Å²) < 4.78 is 19.5. The van der Waals surface area contributed by atoms with Gasteiger partial charge in [0.05, 0.1) is 13.7 Å². The van der Waals surface area contributed by atoms with Gasteiger partial charge in [-0.1, -0.05) is 17.3 Å². The van der Waals surface area contributed by atoms with Gasteiger partial charge in [-0.3, -0.25) is 9.59 Å². The second-order valence-corrected chi connectivity index (χ2v) is 6.14. The van der Waals surface area contributed by atoms with Gasteiger partial charge in [0.25, 0.3) is 11.5 Å². The predicted octanol–water partition coefficient (Wildman–Crippen LogP) is 1.96. The summed E-state index contributed by atoms with van der Waals surface area (Å²) in [6.07, 6.45) is 0. The first-order valence-corrected chi connectivity index (χ1v) is 8.57. The number of methoxy groups -OCH3 is 1. The van der Waals surface area contributed by atoms with Crippen molar-refractivity contribution in [3.63, 3.8) is 0 Å². The molecule has 0 aliphatic rings. The third-order valence-corrected chi connectivity index (χ3v) is 4.18. The number of rotatable bonds is 5. The van der Waals surface area contributed by atoms with Crippen molar-refractivity contribution in [3.05, 3.63) is 76.1 Å². The van der Waals surface area contributed by atoms with Crippen molar-refractivity contribution in [1.82, 2.24) is 25.0 Å². The number of benzene rings is 2. The van der Waals surface area contributed by atoms with E-state index in [4.69, 9.17) is 4.74 Å². The summed E-state index contributed by atoms with van der Waals surface area (Å²) in [5.74, 6) is -0.486. The number of hydrogen-bond acceptors (Lipinski definition) is 6. The minimum Gasteiger partial charge on any atom is -0.497 e. The highest BCUT2D eigenvalue weighted by atomic mass is 19.1. The van der Waals surface area contributed by atoms with Crippen LogP contribution in [-0.4, -0.2) is 38.0 Å². The molecule has 2 aromatic heterocycles. The SMILES string of the molecule is COc1ccc(NC(=O)c2nc3c(nnn3Cc3ccc(F)cc3)c(=O)[nH]2)cc1. The van der Waals surface area contributed by atoms with Crippen LogP contribution in [0.3, 0.4) is 0 Å². The van der Waals surface area contributed by atoms with Gasteiger partial charge in [0.15, 0.2) is 11.2 Å². The maximum Gasteiger partial charge on any atom is 0.291 e. The van der Waals surface area contributed by atoms with Crippen LogP contribution in [-0.2, 0) is 6.54 Å². The van der Waals surface area contributed by atoms with E-state index in [0.717, 1.165) is 5.56 Å². The van der Waals surface area contributed by atoms with Gasteiger partial charge in [0.2, 0.25) is 5.82 Å². The van der Waals surface area contributed by atoms with E-state index >= 15 is 0 Å². The smallest absolute Gasteiger partial charge is 0.291 e. The topological polar surface area (TPSA) is 115 Å². The highest BCUT2D eigenvalue weighted by Crippen LogP contribution is 2.15. The third-order valence-electron chi connectivity index (χ3n) is 4.18. The zero-order valence-electron chi connectivity index (χ0n) is 15.2. The minimum absolute atomic E-state index is 0.00751. The van der Waals surface area contributed by atoms with Gasteiger partial charge in [0.1, 0.15) is 11.6 Å². The van der Waals surface area contributed by atoms with Crippen LogP contribution >= 0.6 is 0 Å². The first-order valence-electron chi connectivity index (χ1n) is 8.57. The van der Waals surface area contributed by atoms with Crippen LogP contribution in [0.4, 0.5) is 10.1 Å². The van der Waals surface area contributed by atoms with E-state index in [2.05, 4.69) is 25.6 Å². The molecular weight excluding hydrogens is 379 g/mol. The van der Waals surface area contributed by atoms with Crippen molar-refractivity contribution in [2.24, 2.45) is 0 Å². The Kier molecular flexibility index (Phi) is 4.73. The van der Waals surface area contributed by atoms with Crippen molar-refractivity contribution in [1.29, 1.82) is 0 Å². The number of amides is 1. The summed E-state index contributed by atoms with van der Waals surface area (Å²) in [6, 6.07) is 12.5. The number of carbonyl (C=O) groups excluding carboxylic acids is 1. The fraction of sp³-hybridized carbons (Fsp3) is 0.105. The Morgan fingerprint density at radius 2 is 1.90 bits per heavy atom. The van der Waals surface area contributed by atoms with Crippen LogP contribution in [0.2, 0.25) is 0 Å². The number of nitrogens with zero attached hydrogens (tertiary/aromatic N) is 4. The molecule has 29 heavy (non-hydrogen) atoms. The summed E-state index contributed by atoms with van der Waals surface area (Å²) in [6.45, 7) is 0.215. The van der Waals surface area contributed by atoms with Gasteiger partial charge in [-0.2, -0.15) is 0 Å². The van der Waals surface area contributed by atoms with Gasteiger partial charge in [-0.15, -0.1) is 5.10 Å². The molecule has 0 fully saturated rings.